The summed E-state index contributed by atoms with van der Waals surface area (Å²) in [4.78, 5) is 22.3. The second-order valence-corrected chi connectivity index (χ2v) is 10.1. The number of sulfonamides is 1. The Hall–Kier alpha value is -3.02. The van der Waals surface area contributed by atoms with Gasteiger partial charge < -0.3 is 15.2 Å². The van der Waals surface area contributed by atoms with Gasteiger partial charge in [0, 0.05) is 25.2 Å². The molecule has 2 aromatic carbocycles. The third-order valence-electron chi connectivity index (χ3n) is 4.99. The number of hydrogen-bond acceptors (Lipinski definition) is 7. The molecule has 2 aromatic rings. The molecule has 0 fully saturated rings. The lowest BCUT2D eigenvalue weighted by atomic mass is 10.0. The Morgan fingerprint density at radius 2 is 1.74 bits per heavy atom. The average molecular weight is 494 g/mol. The van der Waals surface area contributed by atoms with Crippen molar-refractivity contribution < 1.29 is 28.0 Å². The minimum absolute atomic E-state index is 0.0642. The molecule has 0 spiro atoms. The molecule has 0 heterocycles. The number of rotatable bonds is 12. The van der Waals surface area contributed by atoms with E-state index in [1.165, 1.54) is 12.1 Å². The number of aliphatic hydroxyl groups is 1. The number of nitro benzene ring substituents is 1. The summed E-state index contributed by atoms with van der Waals surface area (Å²) in [7, 11) is -4.07. The fourth-order valence-corrected chi connectivity index (χ4v) is 5.00. The summed E-state index contributed by atoms with van der Waals surface area (Å²) in [6.45, 7) is 5.29. The van der Waals surface area contributed by atoms with E-state index in [9.17, 15) is 28.4 Å². The van der Waals surface area contributed by atoms with Crippen molar-refractivity contribution in [3.8, 4) is 0 Å². The highest BCUT2D eigenvalue weighted by Gasteiger charge is 2.31. The zero-order valence-corrected chi connectivity index (χ0v) is 20.3. The monoisotopic (exact) mass is 493 g/mol. The van der Waals surface area contributed by atoms with Gasteiger partial charge in [-0.1, -0.05) is 44.2 Å². The number of benzene rings is 2. The highest BCUT2D eigenvalue weighted by molar-refractivity contribution is 7.89. The van der Waals surface area contributed by atoms with Gasteiger partial charge in [0.15, 0.2) is 0 Å². The molecular weight excluding hydrogens is 462 g/mol. The van der Waals surface area contributed by atoms with Crippen LogP contribution in [0.25, 0.3) is 0 Å². The Kier molecular flexibility index (Phi) is 9.97. The van der Waals surface area contributed by atoms with Gasteiger partial charge in [-0.25, -0.2) is 13.2 Å². The molecule has 0 aromatic heterocycles. The minimum Gasteiger partial charge on any atom is -0.450 e. The number of non-ortho nitro benzene ring substituents is 1. The molecule has 186 valence electrons. The first kappa shape index (κ1) is 27.2. The van der Waals surface area contributed by atoms with Crippen molar-refractivity contribution in [1.82, 2.24) is 9.62 Å². The van der Waals surface area contributed by atoms with Crippen molar-refractivity contribution in [2.45, 2.75) is 44.2 Å². The third kappa shape index (κ3) is 7.79. The molecule has 0 saturated heterocycles. The summed E-state index contributed by atoms with van der Waals surface area (Å²) in [5, 5.41) is 24.6. The molecule has 2 rings (SSSR count). The second-order valence-electron chi connectivity index (χ2n) is 8.20. The molecule has 11 heteroatoms. The highest BCUT2D eigenvalue weighted by Crippen LogP contribution is 2.21. The summed E-state index contributed by atoms with van der Waals surface area (Å²) in [6, 6.07) is 12.9. The van der Waals surface area contributed by atoms with Crippen molar-refractivity contribution in [2.24, 2.45) is 5.92 Å². The Labute approximate surface area is 199 Å². The van der Waals surface area contributed by atoms with Crippen LogP contribution in [0.2, 0.25) is 0 Å². The summed E-state index contributed by atoms with van der Waals surface area (Å²) < 4.78 is 32.7. The van der Waals surface area contributed by atoms with E-state index in [0.29, 0.717) is 0 Å². The lowest BCUT2D eigenvalue weighted by Crippen LogP contribution is -2.51. The van der Waals surface area contributed by atoms with Crippen LogP contribution in [-0.2, 0) is 21.2 Å². The molecule has 2 unspecified atom stereocenters. The van der Waals surface area contributed by atoms with Gasteiger partial charge in [-0.05, 0) is 37.0 Å². The summed E-state index contributed by atoms with van der Waals surface area (Å²) in [6.07, 6.45) is -1.71. The van der Waals surface area contributed by atoms with Crippen molar-refractivity contribution >= 4 is 21.8 Å². The fourth-order valence-electron chi connectivity index (χ4n) is 3.38. The van der Waals surface area contributed by atoms with Gasteiger partial charge >= 0.3 is 6.09 Å². The number of aliphatic hydroxyl groups excluding tert-OH is 1. The van der Waals surface area contributed by atoms with Gasteiger partial charge in [0.2, 0.25) is 10.0 Å². The highest BCUT2D eigenvalue weighted by atomic mass is 32.2. The maximum Gasteiger partial charge on any atom is 0.407 e. The maximum absolute atomic E-state index is 13.3. The fraction of sp³-hybridized carbons (Fsp3) is 0.435. The molecule has 2 atom stereocenters. The number of alkyl carbamates (subject to hydrolysis) is 1. The summed E-state index contributed by atoms with van der Waals surface area (Å²) >= 11 is 0. The van der Waals surface area contributed by atoms with E-state index >= 15 is 0 Å². The molecule has 0 bridgehead atoms. The first-order chi connectivity index (χ1) is 16.0. The minimum atomic E-state index is -4.07. The number of nitrogens with one attached hydrogen (secondary N) is 1. The van der Waals surface area contributed by atoms with Crippen LogP contribution in [0.4, 0.5) is 10.5 Å². The number of nitrogens with zero attached hydrogens (tertiary/aromatic N) is 2. The van der Waals surface area contributed by atoms with Crippen LogP contribution >= 0.6 is 0 Å². The summed E-state index contributed by atoms with van der Waals surface area (Å²) in [5.74, 6) is -0.0642. The number of hydrogen-bond donors (Lipinski definition) is 2. The smallest absolute Gasteiger partial charge is 0.407 e. The number of ether oxygens (including phenoxy) is 1. The molecule has 0 aliphatic carbocycles. The van der Waals surface area contributed by atoms with E-state index in [2.05, 4.69) is 5.32 Å². The van der Waals surface area contributed by atoms with Crippen LogP contribution in [0.15, 0.2) is 59.5 Å². The SMILES string of the molecule is CCOC(=O)NC(Cc1ccccc1)C(O)CN(CC(C)C)S(=O)(=O)c1ccc([N+](=O)[O-])cc1. The van der Waals surface area contributed by atoms with Gasteiger partial charge in [-0.15, -0.1) is 0 Å². The van der Waals surface area contributed by atoms with Crippen LogP contribution in [-0.4, -0.2) is 60.7 Å². The standard InChI is InChI=1S/C23H31N3O7S/c1-4-33-23(28)24-21(14-18-8-6-5-7-9-18)22(27)16-25(15-17(2)3)34(31,32)20-12-10-19(11-13-20)26(29)30/h5-13,17,21-22,27H,4,14-16H2,1-3H3,(H,24,28). The van der Waals surface area contributed by atoms with Gasteiger partial charge in [-0.2, -0.15) is 4.31 Å². The molecule has 0 saturated carbocycles. The quantitative estimate of drug-likeness (QED) is 0.342. The third-order valence-corrected chi connectivity index (χ3v) is 6.83. The zero-order valence-electron chi connectivity index (χ0n) is 19.5. The zero-order chi connectivity index (χ0) is 25.3. The summed E-state index contributed by atoms with van der Waals surface area (Å²) in [5.41, 5.74) is 0.618. The molecule has 2 N–H and O–H groups in total. The largest absolute Gasteiger partial charge is 0.450 e. The number of amides is 1. The van der Waals surface area contributed by atoms with E-state index in [1.54, 1.807) is 6.92 Å². The Morgan fingerprint density at radius 1 is 1.12 bits per heavy atom. The van der Waals surface area contributed by atoms with Gasteiger partial charge in [0.05, 0.1) is 28.6 Å². The maximum atomic E-state index is 13.3. The molecular formula is C23H31N3O7S. The van der Waals surface area contributed by atoms with Crippen LogP contribution < -0.4 is 5.32 Å². The molecule has 34 heavy (non-hydrogen) atoms. The van der Waals surface area contributed by atoms with Gasteiger partial charge in [-0.3, -0.25) is 10.1 Å². The predicted molar refractivity (Wildman–Crippen MR) is 127 cm³/mol. The number of nitro groups is 1. The lowest BCUT2D eigenvalue weighted by molar-refractivity contribution is -0.384. The van der Waals surface area contributed by atoms with E-state index in [1.807, 2.05) is 44.2 Å². The second kappa shape index (κ2) is 12.4. The van der Waals surface area contributed by atoms with E-state index in [-0.39, 0.29) is 42.6 Å². The normalized spacial score (nSPS) is 13.5. The average Bonchev–Trinajstić information content (AvgIpc) is 2.78. The molecule has 0 aliphatic rings. The predicted octanol–water partition coefficient (Wildman–Crippen LogP) is 2.96. The first-order valence-corrected chi connectivity index (χ1v) is 12.4. The number of carbonyl (C=O) groups is 1. The molecule has 1 amide bonds. The van der Waals surface area contributed by atoms with Crippen LogP contribution in [0, 0.1) is 16.0 Å². The van der Waals surface area contributed by atoms with E-state index in [0.717, 1.165) is 22.0 Å². The number of carbonyl (C=O) groups excluding carboxylic acids is 1. The van der Waals surface area contributed by atoms with Crippen molar-refractivity contribution in [3.63, 3.8) is 0 Å². The first-order valence-electron chi connectivity index (χ1n) is 10.9. The van der Waals surface area contributed by atoms with Crippen molar-refractivity contribution in [3.05, 3.63) is 70.3 Å². The Bertz CT molecular complexity index is 1040. The van der Waals surface area contributed by atoms with E-state index < -0.39 is 33.2 Å². The van der Waals surface area contributed by atoms with Crippen molar-refractivity contribution in [1.29, 1.82) is 0 Å². The van der Waals surface area contributed by atoms with E-state index in [4.69, 9.17) is 4.74 Å². The topological polar surface area (TPSA) is 139 Å². The lowest BCUT2D eigenvalue weighted by Gasteiger charge is -2.30. The van der Waals surface area contributed by atoms with Crippen LogP contribution in [0.1, 0.15) is 26.3 Å². The molecule has 0 radical (unpaired) electrons. The van der Waals surface area contributed by atoms with Crippen LogP contribution in [0.5, 0.6) is 0 Å². The molecule has 10 nitrogen and oxygen atoms in total. The van der Waals surface area contributed by atoms with Gasteiger partial charge in [0.1, 0.15) is 0 Å². The Morgan fingerprint density at radius 3 is 2.26 bits per heavy atom. The van der Waals surface area contributed by atoms with Gasteiger partial charge in [0.25, 0.3) is 5.69 Å². The van der Waals surface area contributed by atoms with Crippen LogP contribution in [0.3, 0.4) is 0 Å². The molecule has 0 aliphatic heterocycles. The van der Waals surface area contributed by atoms with Crippen molar-refractivity contribution in [2.75, 3.05) is 19.7 Å². The Balaban J connectivity index is 2.31.